The first-order valence-corrected chi connectivity index (χ1v) is 16.1. The fraction of sp³-hybridized carbons (Fsp3) is 0.111. The van der Waals surface area contributed by atoms with E-state index in [9.17, 15) is 0 Å². The Kier molecular flexibility index (Phi) is 5.77. The highest BCUT2D eigenvalue weighted by molar-refractivity contribution is 5.89. The molecule has 0 saturated heterocycles. The van der Waals surface area contributed by atoms with E-state index in [0.29, 0.717) is 5.92 Å². The smallest absolute Gasteiger partial charge is 0.0714 e. The molecule has 3 aliphatic carbocycles. The van der Waals surface area contributed by atoms with E-state index in [4.69, 9.17) is 0 Å². The summed E-state index contributed by atoms with van der Waals surface area (Å²) >= 11 is 0. The average Bonchev–Trinajstić information content (AvgIpc) is 3.79. The van der Waals surface area contributed by atoms with Crippen molar-refractivity contribution in [2.24, 2.45) is 5.92 Å². The van der Waals surface area contributed by atoms with Crippen LogP contribution in [-0.4, -0.2) is 0 Å². The Labute approximate surface area is 266 Å². The van der Waals surface area contributed by atoms with Gasteiger partial charge >= 0.3 is 0 Å². The second kappa shape index (κ2) is 9.91. The molecule has 3 aliphatic rings. The van der Waals surface area contributed by atoms with Gasteiger partial charge in [-0.05, 0) is 98.2 Å². The Morgan fingerprint density at radius 1 is 0.489 bits per heavy atom. The molecular formula is C45H34. The number of rotatable bonds is 5. The SMILES string of the molecule is Cc1ccccc1-c1ccc2c(c1)C(c1cccc(-c3ccccc3)c1)(c1cccc(C34C=CC=CC3C4)c1)c1ccccc1-2. The minimum absolute atomic E-state index is 0.113. The largest absolute Gasteiger partial charge is 0.0802 e. The molecule has 9 rings (SSSR count). The number of hydrogen-bond donors (Lipinski definition) is 0. The summed E-state index contributed by atoms with van der Waals surface area (Å²) in [7, 11) is 0. The molecule has 1 fully saturated rings. The molecule has 0 aromatic heterocycles. The molecule has 0 aliphatic heterocycles. The lowest BCUT2D eigenvalue weighted by Crippen LogP contribution is -2.29. The van der Waals surface area contributed by atoms with Gasteiger partial charge in [0.2, 0.25) is 0 Å². The summed E-state index contributed by atoms with van der Waals surface area (Å²) in [4.78, 5) is 0. The predicted molar refractivity (Wildman–Crippen MR) is 187 cm³/mol. The first kappa shape index (κ1) is 26.2. The predicted octanol–water partition coefficient (Wildman–Crippen LogP) is 11.1. The van der Waals surface area contributed by atoms with Crippen molar-refractivity contribution in [1.82, 2.24) is 0 Å². The summed E-state index contributed by atoms with van der Waals surface area (Å²) in [5.41, 5.74) is 15.4. The van der Waals surface area contributed by atoms with Gasteiger partial charge in [-0.15, -0.1) is 0 Å². The minimum atomic E-state index is -0.472. The van der Waals surface area contributed by atoms with Crippen LogP contribution in [0.3, 0.4) is 0 Å². The molecule has 1 saturated carbocycles. The quantitative estimate of drug-likeness (QED) is 0.192. The topological polar surface area (TPSA) is 0 Å². The molecular weight excluding hydrogens is 540 g/mol. The van der Waals surface area contributed by atoms with E-state index in [1.54, 1.807) is 0 Å². The van der Waals surface area contributed by atoms with Gasteiger partial charge in [0.05, 0.1) is 5.41 Å². The van der Waals surface area contributed by atoms with Crippen LogP contribution in [0.2, 0.25) is 0 Å². The third-order valence-electron chi connectivity index (χ3n) is 10.6. The molecule has 0 amide bonds. The monoisotopic (exact) mass is 574 g/mol. The number of aryl methyl sites for hydroxylation is 1. The van der Waals surface area contributed by atoms with E-state index in [0.717, 1.165) is 0 Å². The van der Waals surface area contributed by atoms with Crippen molar-refractivity contribution in [3.63, 3.8) is 0 Å². The third-order valence-corrected chi connectivity index (χ3v) is 10.6. The van der Waals surface area contributed by atoms with Gasteiger partial charge in [-0.25, -0.2) is 0 Å². The number of benzene rings is 6. The molecule has 6 aromatic rings. The van der Waals surface area contributed by atoms with Gasteiger partial charge in [0.1, 0.15) is 0 Å². The normalized spacial score (nSPS) is 22.0. The maximum Gasteiger partial charge on any atom is 0.0714 e. The van der Waals surface area contributed by atoms with Crippen LogP contribution in [0, 0.1) is 12.8 Å². The van der Waals surface area contributed by atoms with Crippen molar-refractivity contribution in [3.8, 4) is 33.4 Å². The molecule has 3 atom stereocenters. The lowest BCUT2D eigenvalue weighted by atomic mass is 9.66. The number of hydrogen-bond acceptors (Lipinski definition) is 0. The van der Waals surface area contributed by atoms with E-state index >= 15 is 0 Å². The lowest BCUT2D eigenvalue weighted by Gasteiger charge is -2.35. The zero-order valence-corrected chi connectivity index (χ0v) is 25.5. The molecule has 3 unspecified atom stereocenters. The molecule has 0 radical (unpaired) electrons. The Bertz CT molecular complexity index is 2160. The molecule has 6 aromatic carbocycles. The fourth-order valence-electron chi connectivity index (χ4n) is 8.33. The summed E-state index contributed by atoms with van der Waals surface area (Å²) < 4.78 is 0. The van der Waals surface area contributed by atoms with Crippen LogP contribution < -0.4 is 0 Å². The molecule has 214 valence electrons. The van der Waals surface area contributed by atoms with Gasteiger partial charge in [-0.2, -0.15) is 0 Å². The number of allylic oxidation sites excluding steroid dienone is 4. The van der Waals surface area contributed by atoms with Crippen molar-refractivity contribution >= 4 is 0 Å². The van der Waals surface area contributed by atoms with E-state index in [1.165, 1.54) is 73.2 Å². The van der Waals surface area contributed by atoms with Gasteiger partial charge in [0, 0.05) is 5.41 Å². The van der Waals surface area contributed by atoms with E-state index in [2.05, 4.69) is 177 Å². The van der Waals surface area contributed by atoms with Crippen LogP contribution in [0.4, 0.5) is 0 Å². The van der Waals surface area contributed by atoms with Crippen molar-refractivity contribution in [3.05, 3.63) is 203 Å². The summed E-state index contributed by atoms with van der Waals surface area (Å²) in [6, 6.07) is 54.7. The van der Waals surface area contributed by atoms with Crippen LogP contribution in [0.1, 0.15) is 39.8 Å². The zero-order chi connectivity index (χ0) is 30.0. The van der Waals surface area contributed by atoms with Crippen molar-refractivity contribution in [1.29, 1.82) is 0 Å². The van der Waals surface area contributed by atoms with Crippen LogP contribution in [0.15, 0.2) is 170 Å². The van der Waals surface area contributed by atoms with Gasteiger partial charge in [-0.1, -0.05) is 158 Å². The first-order chi connectivity index (χ1) is 22.2. The van der Waals surface area contributed by atoms with Gasteiger partial charge in [-0.3, -0.25) is 0 Å². The van der Waals surface area contributed by atoms with E-state index < -0.39 is 5.41 Å². The molecule has 0 bridgehead atoms. The average molecular weight is 575 g/mol. The molecule has 0 N–H and O–H groups in total. The third kappa shape index (κ3) is 3.85. The van der Waals surface area contributed by atoms with E-state index in [1.807, 2.05) is 0 Å². The van der Waals surface area contributed by atoms with Crippen LogP contribution in [-0.2, 0) is 10.8 Å². The van der Waals surface area contributed by atoms with Crippen molar-refractivity contribution in [2.45, 2.75) is 24.2 Å². The molecule has 45 heavy (non-hydrogen) atoms. The van der Waals surface area contributed by atoms with Gasteiger partial charge in [0.15, 0.2) is 0 Å². The molecule has 0 heteroatoms. The fourth-order valence-corrected chi connectivity index (χ4v) is 8.33. The van der Waals surface area contributed by atoms with Crippen LogP contribution >= 0.6 is 0 Å². The first-order valence-electron chi connectivity index (χ1n) is 16.1. The molecule has 0 nitrogen and oxygen atoms in total. The standard InChI is InChI=1S/C45H34/c1-31-13-5-6-21-39(31)34-24-25-41-40-22-7-8-23-42(40)45(43(41)28-34,36-19-11-16-33(27-36)32-14-3-2-4-15-32)37-20-12-18-35(29-37)44-26-10-9-17-38(44)30-44/h2-29,38H,30H2,1H3. The zero-order valence-electron chi connectivity index (χ0n) is 25.5. The minimum Gasteiger partial charge on any atom is -0.0802 e. The second-order valence-electron chi connectivity index (χ2n) is 13.0. The Hall–Kier alpha value is -5.20. The maximum absolute atomic E-state index is 2.53. The van der Waals surface area contributed by atoms with Gasteiger partial charge in [0.25, 0.3) is 0 Å². The van der Waals surface area contributed by atoms with Crippen molar-refractivity contribution in [2.75, 3.05) is 0 Å². The summed E-state index contributed by atoms with van der Waals surface area (Å²) in [5, 5.41) is 0. The van der Waals surface area contributed by atoms with Crippen LogP contribution in [0.5, 0.6) is 0 Å². The summed E-state index contributed by atoms with van der Waals surface area (Å²) in [6.45, 7) is 2.22. The molecule has 0 spiro atoms. The highest BCUT2D eigenvalue weighted by Crippen LogP contribution is 2.60. The lowest BCUT2D eigenvalue weighted by molar-refractivity contribution is 0.755. The molecule has 0 heterocycles. The van der Waals surface area contributed by atoms with Crippen molar-refractivity contribution < 1.29 is 0 Å². The summed E-state index contributed by atoms with van der Waals surface area (Å²) in [6.07, 6.45) is 10.5. The second-order valence-corrected chi connectivity index (χ2v) is 13.0. The Morgan fingerprint density at radius 3 is 2.02 bits per heavy atom. The Balaban J connectivity index is 1.36. The maximum atomic E-state index is 2.53. The van der Waals surface area contributed by atoms with E-state index in [-0.39, 0.29) is 5.41 Å². The number of fused-ring (bicyclic) bond motifs is 4. The van der Waals surface area contributed by atoms with Gasteiger partial charge < -0.3 is 0 Å². The summed E-state index contributed by atoms with van der Waals surface area (Å²) in [5.74, 6) is 0.589. The van der Waals surface area contributed by atoms with Crippen LogP contribution in [0.25, 0.3) is 33.4 Å². The highest BCUT2D eigenvalue weighted by atomic mass is 14.6. The highest BCUT2D eigenvalue weighted by Gasteiger charge is 2.53. The Morgan fingerprint density at radius 2 is 1.18 bits per heavy atom.